The van der Waals surface area contributed by atoms with Gasteiger partial charge in [0.25, 0.3) is 0 Å². The number of aromatic nitrogens is 1. The number of aliphatic hydroxyl groups is 1. The van der Waals surface area contributed by atoms with Gasteiger partial charge in [-0.05, 0) is 38.0 Å². The predicted molar refractivity (Wildman–Crippen MR) is 126 cm³/mol. The summed E-state index contributed by atoms with van der Waals surface area (Å²) in [5.74, 6) is 2.27. The van der Waals surface area contributed by atoms with Gasteiger partial charge in [-0.1, -0.05) is 31.1 Å². The van der Waals surface area contributed by atoms with Gasteiger partial charge in [-0.15, -0.1) is 24.0 Å². The number of nitrogens with zero attached hydrogens (tertiary/aromatic N) is 2. The lowest BCUT2D eigenvalue weighted by Gasteiger charge is -2.16. The Bertz CT molecular complexity index is 743. The van der Waals surface area contributed by atoms with Gasteiger partial charge in [0.2, 0.25) is 0 Å². The summed E-state index contributed by atoms with van der Waals surface area (Å²) < 4.78 is 11.0. The van der Waals surface area contributed by atoms with E-state index in [1.807, 2.05) is 45.0 Å². The highest BCUT2D eigenvalue weighted by atomic mass is 127. The number of aliphatic hydroxyl groups excluding tert-OH is 1. The van der Waals surface area contributed by atoms with Crippen molar-refractivity contribution in [3.8, 4) is 5.75 Å². The molecule has 2 rings (SSSR count). The van der Waals surface area contributed by atoms with Crippen molar-refractivity contribution in [2.45, 2.75) is 53.2 Å². The highest BCUT2D eigenvalue weighted by molar-refractivity contribution is 14.0. The van der Waals surface area contributed by atoms with Crippen LogP contribution in [0.4, 0.5) is 0 Å². The van der Waals surface area contributed by atoms with E-state index in [-0.39, 0.29) is 30.6 Å². The molecule has 0 spiro atoms. The van der Waals surface area contributed by atoms with Crippen LogP contribution in [-0.2, 0) is 19.4 Å². The monoisotopic (exact) mass is 516 g/mol. The molecular weight excluding hydrogens is 483 g/mol. The summed E-state index contributed by atoms with van der Waals surface area (Å²) in [5, 5.41) is 20.7. The Labute approximate surface area is 190 Å². The number of hydrogen-bond acceptors (Lipinski definition) is 5. The van der Waals surface area contributed by atoms with Crippen molar-refractivity contribution in [2.24, 2.45) is 4.99 Å². The minimum Gasteiger partial charge on any atom is -0.491 e. The maximum Gasteiger partial charge on any atom is 0.191 e. The van der Waals surface area contributed by atoms with Crippen molar-refractivity contribution in [3.63, 3.8) is 0 Å². The third-order valence-electron chi connectivity index (χ3n) is 4.28. The number of benzene rings is 1. The van der Waals surface area contributed by atoms with Crippen molar-refractivity contribution in [1.29, 1.82) is 0 Å². The van der Waals surface area contributed by atoms with Crippen molar-refractivity contribution in [1.82, 2.24) is 15.8 Å². The molecule has 0 radical (unpaired) electrons. The average molecular weight is 516 g/mol. The number of guanidine groups is 1. The molecule has 0 saturated heterocycles. The molecule has 1 unspecified atom stereocenters. The Balaban J connectivity index is 0.00000420. The molecule has 8 heteroatoms. The minimum absolute atomic E-state index is 0. The molecular formula is C21H33IN4O3. The summed E-state index contributed by atoms with van der Waals surface area (Å²) in [5.41, 5.74) is 3.12. The summed E-state index contributed by atoms with van der Waals surface area (Å²) in [6, 6.07) is 7.77. The SMILES string of the molecule is CCNC(=NCc1c(CC)noc1CC)NCC(O)COc1cccc(C)c1.I. The second-order valence-corrected chi connectivity index (χ2v) is 6.60. The second-order valence-electron chi connectivity index (χ2n) is 6.60. The summed E-state index contributed by atoms with van der Waals surface area (Å²) in [6.07, 6.45) is 0.946. The summed E-state index contributed by atoms with van der Waals surface area (Å²) in [6.45, 7) is 9.87. The van der Waals surface area contributed by atoms with Crippen LogP contribution in [0.25, 0.3) is 0 Å². The first-order chi connectivity index (χ1) is 13.6. The molecule has 1 aromatic heterocycles. The van der Waals surface area contributed by atoms with E-state index in [0.717, 1.165) is 47.7 Å². The van der Waals surface area contributed by atoms with Gasteiger partial charge in [-0.3, -0.25) is 0 Å². The Morgan fingerprint density at radius 2 is 2.03 bits per heavy atom. The first-order valence-corrected chi connectivity index (χ1v) is 9.93. The standard InChI is InChI=1S/C21H32N4O3.HI/c1-5-19-18(20(6-2)28-25-19)13-24-21(22-7-3)23-12-16(26)14-27-17-10-8-9-15(4)11-17;/h8-11,16,26H,5-7,12-14H2,1-4H3,(H2,22,23,24);1H. The van der Waals surface area contributed by atoms with E-state index in [2.05, 4.69) is 27.7 Å². The lowest BCUT2D eigenvalue weighted by atomic mass is 10.1. The van der Waals surface area contributed by atoms with Gasteiger partial charge >= 0.3 is 0 Å². The molecule has 0 fully saturated rings. The largest absolute Gasteiger partial charge is 0.491 e. The average Bonchev–Trinajstić information content (AvgIpc) is 3.10. The van der Waals surface area contributed by atoms with Gasteiger partial charge in [-0.2, -0.15) is 0 Å². The number of nitrogens with one attached hydrogen (secondary N) is 2. The third-order valence-corrected chi connectivity index (χ3v) is 4.28. The van der Waals surface area contributed by atoms with Gasteiger partial charge in [-0.25, -0.2) is 4.99 Å². The van der Waals surface area contributed by atoms with Gasteiger partial charge < -0.3 is 25.0 Å². The number of aryl methyl sites for hydroxylation is 3. The Morgan fingerprint density at radius 3 is 2.69 bits per heavy atom. The fraction of sp³-hybridized carbons (Fsp3) is 0.524. The summed E-state index contributed by atoms with van der Waals surface area (Å²) >= 11 is 0. The number of rotatable bonds is 10. The molecule has 29 heavy (non-hydrogen) atoms. The highest BCUT2D eigenvalue weighted by Crippen LogP contribution is 2.16. The van der Waals surface area contributed by atoms with Crippen molar-refractivity contribution < 1.29 is 14.4 Å². The van der Waals surface area contributed by atoms with Crippen LogP contribution in [0.1, 0.15) is 43.4 Å². The van der Waals surface area contributed by atoms with E-state index in [9.17, 15) is 5.11 Å². The molecule has 0 aliphatic carbocycles. The zero-order valence-electron chi connectivity index (χ0n) is 17.7. The normalized spacial score (nSPS) is 12.2. The molecule has 1 atom stereocenters. The van der Waals surface area contributed by atoms with Gasteiger partial charge in [0.1, 0.15) is 24.2 Å². The Kier molecular flexibility index (Phi) is 11.7. The molecule has 3 N–H and O–H groups in total. The zero-order valence-corrected chi connectivity index (χ0v) is 20.0. The van der Waals surface area contributed by atoms with Crippen LogP contribution in [0.2, 0.25) is 0 Å². The molecule has 7 nitrogen and oxygen atoms in total. The van der Waals surface area contributed by atoms with Crippen LogP contribution in [-0.4, -0.2) is 42.0 Å². The zero-order chi connectivity index (χ0) is 20.4. The maximum absolute atomic E-state index is 10.2. The second kappa shape index (κ2) is 13.4. The molecule has 0 aliphatic rings. The van der Waals surface area contributed by atoms with E-state index in [0.29, 0.717) is 19.0 Å². The lowest BCUT2D eigenvalue weighted by molar-refractivity contribution is 0.110. The van der Waals surface area contributed by atoms with Crippen molar-refractivity contribution in [3.05, 3.63) is 46.8 Å². The van der Waals surface area contributed by atoms with Crippen molar-refractivity contribution >= 4 is 29.9 Å². The maximum atomic E-state index is 10.2. The molecule has 0 bridgehead atoms. The lowest BCUT2D eigenvalue weighted by Crippen LogP contribution is -2.42. The predicted octanol–water partition coefficient (Wildman–Crippen LogP) is 3.22. The van der Waals surface area contributed by atoms with Gasteiger partial charge in [0.05, 0.1) is 12.2 Å². The number of halogens is 1. The summed E-state index contributed by atoms with van der Waals surface area (Å²) in [7, 11) is 0. The Hall–Kier alpha value is -1.81. The van der Waals surface area contributed by atoms with Crippen molar-refractivity contribution in [2.75, 3.05) is 19.7 Å². The topological polar surface area (TPSA) is 91.9 Å². The highest BCUT2D eigenvalue weighted by Gasteiger charge is 2.13. The van der Waals surface area contributed by atoms with Crippen LogP contribution in [0.3, 0.4) is 0 Å². The molecule has 162 valence electrons. The molecule has 1 heterocycles. The number of hydrogen-bond donors (Lipinski definition) is 3. The van der Waals surface area contributed by atoms with E-state index in [1.54, 1.807) is 0 Å². The molecule has 0 aliphatic heterocycles. The van der Waals surface area contributed by atoms with E-state index >= 15 is 0 Å². The van der Waals surface area contributed by atoms with Crippen LogP contribution >= 0.6 is 24.0 Å². The number of ether oxygens (including phenoxy) is 1. The first kappa shape index (κ1) is 25.2. The summed E-state index contributed by atoms with van der Waals surface area (Å²) in [4.78, 5) is 4.62. The van der Waals surface area contributed by atoms with Crippen LogP contribution < -0.4 is 15.4 Å². The fourth-order valence-corrected chi connectivity index (χ4v) is 2.79. The quantitative estimate of drug-likeness (QED) is 0.255. The molecule has 0 saturated carbocycles. The molecule has 2 aromatic rings. The smallest absolute Gasteiger partial charge is 0.191 e. The van der Waals surface area contributed by atoms with Crippen LogP contribution in [0.5, 0.6) is 5.75 Å². The Morgan fingerprint density at radius 1 is 1.24 bits per heavy atom. The van der Waals surface area contributed by atoms with Crippen LogP contribution in [0.15, 0.2) is 33.8 Å². The van der Waals surface area contributed by atoms with Gasteiger partial charge in [0.15, 0.2) is 5.96 Å². The fourth-order valence-electron chi connectivity index (χ4n) is 2.79. The molecule has 1 aromatic carbocycles. The number of aliphatic imine (C=N–C) groups is 1. The van der Waals surface area contributed by atoms with E-state index < -0.39 is 6.10 Å². The minimum atomic E-state index is -0.655. The third kappa shape index (κ3) is 8.22. The van der Waals surface area contributed by atoms with E-state index in [1.165, 1.54) is 0 Å². The van der Waals surface area contributed by atoms with Gasteiger partial charge in [0, 0.05) is 25.1 Å². The van der Waals surface area contributed by atoms with E-state index in [4.69, 9.17) is 9.26 Å². The first-order valence-electron chi connectivity index (χ1n) is 9.93. The molecule has 0 amide bonds. The van der Waals surface area contributed by atoms with Crippen LogP contribution in [0, 0.1) is 6.92 Å².